The molecular weight excluding hydrogens is 749 g/mol. The van der Waals surface area contributed by atoms with Gasteiger partial charge in [-0.2, -0.15) is 0 Å². The molecule has 0 aliphatic carbocycles. The van der Waals surface area contributed by atoms with Gasteiger partial charge in [-0.1, -0.05) is 200 Å². The molecule has 1 aromatic heterocycles. The van der Waals surface area contributed by atoms with Crippen LogP contribution < -0.4 is 4.90 Å². The van der Waals surface area contributed by atoms with Gasteiger partial charge in [0.1, 0.15) is 0 Å². The summed E-state index contributed by atoms with van der Waals surface area (Å²) in [5, 5.41) is 9.78. The highest BCUT2D eigenvalue weighted by molar-refractivity contribution is 6.14. The van der Waals surface area contributed by atoms with Gasteiger partial charge < -0.3 is 9.47 Å². The number of anilines is 3. The Hall–Kier alpha value is -8.20. The summed E-state index contributed by atoms with van der Waals surface area (Å²) >= 11 is 0. The fourth-order valence-corrected chi connectivity index (χ4v) is 9.81. The first-order valence-electron chi connectivity index (χ1n) is 21.4. The number of aromatic nitrogens is 1. The molecule has 0 atom stereocenters. The monoisotopic (exact) mass is 788 g/mol. The fourth-order valence-electron chi connectivity index (χ4n) is 9.81. The number of hydrogen-bond acceptors (Lipinski definition) is 1. The first-order valence-corrected chi connectivity index (χ1v) is 21.4. The molecule has 11 aromatic carbocycles. The molecule has 62 heavy (non-hydrogen) atoms. The number of nitrogens with zero attached hydrogens (tertiary/aromatic N) is 2. The Morgan fingerprint density at radius 3 is 1.34 bits per heavy atom. The maximum Gasteiger partial charge on any atom is 0.0541 e. The summed E-state index contributed by atoms with van der Waals surface area (Å²) in [7, 11) is 0. The molecule has 2 nitrogen and oxygen atoms in total. The predicted molar refractivity (Wildman–Crippen MR) is 264 cm³/mol. The minimum Gasteiger partial charge on any atom is -0.309 e. The van der Waals surface area contributed by atoms with Crippen molar-refractivity contribution in [2.45, 2.75) is 0 Å². The second-order valence-electron chi connectivity index (χ2n) is 16.0. The molecule has 0 N–H and O–H groups in total. The van der Waals surface area contributed by atoms with Crippen LogP contribution in [-0.4, -0.2) is 4.57 Å². The molecule has 0 unspecified atom stereocenters. The number of rotatable bonds is 7. The third-order valence-electron chi connectivity index (χ3n) is 12.6. The molecule has 2 heteroatoms. The van der Waals surface area contributed by atoms with Crippen LogP contribution in [-0.2, 0) is 0 Å². The number of benzene rings is 11. The van der Waals surface area contributed by atoms with Crippen LogP contribution in [0.5, 0.6) is 0 Å². The molecule has 1 heterocycles. The van der Waals surface area contributed by atoms with E-state index < -0.39 is 0 Å². The van der Waals surface area contributed by atoms with Crippen LogP contribution in [0.1, 0.15) is 0 Å². The van der Waals surface area contributed by atoms with Gasteiger partial charge in [0.05, 0.1) is 28.1 Å². The lowest BCUT2D eigenvalue weighted by molar-refractivity contribution is 1.18. The van der Waals surface area contributed by atoms with Crippen LogP contribution in [0.4, 0.5) is 17.1 Å². The second-order valence-corrected chi connectivity index (χ2v) is 16.0. The van der Waals surface area contributed by atoms with E-state index in [1.54, 1.807) is 0 Å². The van der Waals surface area contributed by atoms with E-state index in [4.69, 9.17) is 0 Å². The molecule has 0 saturated carbocycles. The molecule has 290 valence electrons. The zero-order chi connectivity index (χ0) is 41.0. The first-order chi connectivity index (χ1) is 30.8. The van der Waals surface area contributed by atoms with Crippen molar-refractivity contribution >= 4 is 71.2 Å². The van der Waals surface area contributed by atoms with Crippen molar-refractivity contribution in [1.82, 2.24) is 4.57 Å². The van der Waals surface area contributed by atoms with Gasteiger partial charge in [0.15, 0.2) is 0 Å². The summed E-state index contributed by atoms with van der Waals surface area (Å²) in [6, 6.07) is 88.5. The highest BCUT2D eigenvalue weighted by Gasteiger charge is 2.22. The van der Waals surface area contributed by atoms with Gasteiger partial charge >= 0.3 is 0 Å². The Balaban J connectivity index is 1.09. The summed E-state index contributed by atoms with van der Waals surface area (Å²) in [4.78, 5) is 2.47. The molecule has 12 rings (SSSR count). The van der Waals surface area contributed by atoms with Crippen molar-refractivity contribution < 1.29 is 0 Å². The summed E-state index contributed by atoms with van der Waals surface area (Å²) in [6.07, 6.45) is 0. The van der Waals surface area contributed by atoms with Crippen LogP contribution >= 0.6 is 0 Å². The molecule has 0 radical (unpaired) electrons. The molecule has 0 amide bonds. The molecule has 0 saturated heterocycles. The lowest BCUT2D eigenvalue weighted by Crippen LogP contribution is -2.11. The maximum absolute atomic E-state index is 2.47. The molecular formula is C60H40N2. The van der Waals surface area contributed by atoms with Crippen LogP contribution in [0.3, 0.4) is 0 Å². The minimum absolute atomic E-state index is 1.09. The van der Waals surface area contributed by atoms with Crippen molar-refractivity contribution in [3.63, 3.8) is 0 Å². The van der Waals surface area contributed by atoms with Gasteiger partial charge in [-0.05, 0) is 91.8 Å². The van der Waals surface area contributed by atoms with E-state index in [1.807, 2.05) is 0 Å². The van der Waals surface area contributed by atoms with Crippen molar-refractivity contribution in [2.24, 2.45) is 0 Å². The van der Waals surface area contributed by atoms with Gasteiger partial charge in [0, 0.05) is 32.8 Å². The van der Waals surface area contributed by atoms with E-state index in [-0.39, 0.29) is 0 Å². The molecule has 0 bridgehead atoms. The predicted octanol–water partition coefficient (Wildman–Crippen LogP) is 16.7. The van der Waals surface area contributed by atoms with Crippen LogP contribution in [0, 0.1) is 0 Å². The van der Waals surface area contributed by atoms with Crippen LogP contribution in [0.25, 0.3) is 93.2 Å². The van der Waals surface area contributed by atoms with Gasteiger partial charge in [0.25, 0.3) is 0 Å². The van der Waals surface area contributed by atoms with E-state index in [9.17, 15) is 0 Å². The third-order valence-corrected chi connectivity index (χ3v) is 12.6. The average Bonchev–Trinajstić information content (AvgIpc) is 3.69. The van der Waals surface area contributed by atoms with Gasteiger partial charge in [-0.15, -0.1) is 0 Å². The van der Waals surface area contributed by atoms with Gasteiger partial charge in [-0.25, -0.2) is 0 Å². The summed E-state index contributed by atoms with van der Waals surface area (Å²) in [5.41, 5.74) is 14.1. The molecule has 0 spiro atoms. The number of para-hydroxylation sites is 3. The normalized spacial score (nSPS) is 11.5. The van der Waals surface area contributed by atoms with Crippen LogP contribution in [0.15, 0.2) is 243 Å². The van der Waals surface area contributed by atoms with E-state index >= 15 is 0 Å². The molecule has 0 aliphatic rings. The summed E-state index contributed by atoms with van der Waals surface area (Å²) in [6.45, 7) is 0. The van der Waals surface area contributed by atoms with E-state index in [0.717, 1.165) is 22.7 Å². The largest absolute Gasteiger partial charge is 0.309 e. The fraction of sp³-hybridized carbons (Fsp3) is 0. The lowest BCUT2D eigenvalue weighted by atomic mass is 9.92. The Morgan fingerprint density at radius 1 is 0.258 bits per heavy atom. The third kappa shape index (κ3) is 5.80. The Labute approximate surface area is 360 Å². The van der Waals surface area contributed by atoms with Crippen LogP contribution in [0.2, 0.25) is 0 Å². The highest BCUT2D eigenvalue weighted by atomic mass is 15.1. The van der Waals surface area contributed by atoms with Gasteiger partial charge in [0.2, 0.25) is 0 Å². The Bertz CT molecular complexity index is 3580. The number of hydrogen-bond donors (Lipinski definition) is 0. The Morgan fingerprint density at radius 2 is 0.694 bits per heavy atom. The highest BCUT2D eigenvalue weighted by Crippen LogP contribution is 2.47. The first kappa shape index (κ1) is 35.7. The molecule has 12 aromatic rings. The van der Waals surface area contributed by atoms with Gasteiger partial charge in [-0.3, -0.25) is 0 Å². The summed E-state index contributed by atoms with van der Waals surface area (Å²) in [5.74, 6) is 0. The second kappa shape index (κ2) is 14.8. The lowest BCUT2D eigenvalue weighted by Gasteiger charge is -2.29. The van der Waals surface area contributed by atoms with Crippen molar-refractivity contribution in [2.75, 3.05) is 4.90 Å². The van der Waals surface area contributed by atoms with Crippen molar-refractivity contribution in [1.29, 1.82) is 0 Å². The quantitative estimate of drug-likeness (QED) is 0.156. The zero-order valence-corrected chi connectivity index (χ0v) is 34.0. The van der Waals surface area contributed by atoms with E-state index in [2.05, 4.69) is 252 Å². The van der Waals surface area contributed by atoms with E-state index in [0.29, 0.717) is 0 Å². The Kier molecular flexibility index (Phi) is 8.53. The van der Waals surface area contributed by atoms with Crippen molar-refractivity contribution in [3.05, 3.63) is 243 Å². The van der Waals surface area contributed by atoms with Crippen molar-refractivity contribution in [3.8, 4) is 39.1 Å². The maximum atomic E-state index is 2.47. The average molecular weight is 789 g/mol. The minimum atomic E-state index is 1.09. The molecule has 0 fully saturated rings. The topological polar surface area (TPSA) is 8.17 Å². The summed E-state index contributed by atoms with van der Waals surface area (Å²) < 4.78 is 2.44. The zero-order valence-electron chi connectivity index (χ0n) is 34.0. The van der Waals surface area contributed by atoms with E-state index in [1.165, 1.54) is 87.5 Å². The standard InChI is InChI=1S/C60H40N2/c1-2-17-41(18-3-1)42-33-35-44(36-34-42)61(59-39-37-49(47-22-6-8-24-51(47)59)46-29-16-20-43-19-4-5-21-45(43)46)60-40-38-50(48-23-7-9-25-52(48)60)53-26-10-13-30-56(53)62-57-31-14-11-27-54(57)55-28-12-15-32-58(55)62/h1-40H. The number of fused-ring (bicyclic) bond motifs is 6. The SMILES string of the molecule is c1ccc(-c2ccc(N(c3ccc(-c4ccccc4-n4c5ccccc5c5ccccc54)c4ccccc34)c3ccc(-c4cccc5ccccc45)c4ccccc34)cc2)cc1. The molecule has 0 aliphatic heterocycles. The smallest absolute Gasteiger partial charge is 0.0541 e.